The van der Waals surface area contributed by atoms with Crippen molar-refractivity contribution in [1.82, 2.24) is 9.78 Å². The highest BCUT2D eigenvalue weighted by Gasteiger charge is 2.23. The number of rotatable bonds is 6. The van der Waals surface area contributed by atoms with Crippen molar-refractivity contribution in [2.75, 3.05) is 11.8 Å². The normalized spacial score (nSPS) is 10.6. The predicted molar refractivity (Wildman–Crippen MR) is 116 cm³/mol. The van der Waals surface area contributed by atoms with E-state index < -0.39 is 29.0 Å². The van der Waals surface area contributed by atoms with Crippen LogP contribution in [0.1, 0.15) is 37.6 Å². The van der Waals surface area contributed by atoms with E-state index in [0.29, 0.717) is 11.3 Å². The lowest BCUT2D eigenvalue weighted by atomic mass is 10.00. The number of carbonyl (C=O) groups is 2. The molecule has 3 aromatic rings. The number of esters is 1. The zero-order valence-electron chi connectivity index (χ0n) is 17.8. The van der Waals surface area contributed by atoms with Crippen LogP contribution in [0.2, 0.25) is 0 Å². The molecule has 10 heteroatoms. The van der Waals surface area contributed by atoms with Crippen molar-refractivity contribution in [2.45, 2.75) is 18.9 Å². The zero-order chi connectivity index (χ0) is 23.4. The van der Waals surface area contributed by atoms with Crippen LogP contribution in [-0.2, 0) is 11.8 Å². The maximum absolute atomic E-state index is 15.2. The Labute approximate surface area is 187 Å². The number of H-pyrrole nitrogens is 1. The molecule has 3 rings (SSSR count). The Morgan fingerprint density at radius 1 is 1.19 bits per heavy atom. The standard InChI is InChI=1S/C22H21F2N3O4S/c1-12-6-5-9-27(3)25-11-15(12)21(28)19-16(23)7-8-17(20(19)24)26-32-18-10-14(13(2)31-18)22(29)30-4/h5-11,25-26H,1-4H3. The smallest absolute Gasteiger partial charge is 0.341 e. The van der Waals surface area contributed by atoms with Gasteiger partial charge in [0.2, 0.25) is 5.78 Å². The minimum atomic E-state index is -1.04. The van der Waals surface area contributed by atoms with Crippen LogP contribution < -0.4 is 4.72 Å². The second kappa shape index (κ2) is 9.73. The van der Waals surface area contributed by atoms with Gasteiger partial charge in [0, 0.05) is 43.0 Å². The number of furan rings is 1. The summed E-state index contributed by atoms with van der Waals surface area (Å²) in [5.41, 5.74) is 0.0890. The number of carbonyl (C=O) groups excluding carboxylic acids is 2. The minimum Gasteiger partial charge on any atom is -0.465 e. The number of methoxy groups -OCH3 is 1. The van der Waals surface area contributed by atoms with E-state index in [4.69, 9.17) is 4.42 Å². The summed E-state index contributed by atoms with van der Waals surface area (Å²) in [4.78, 5) is 24.7. The maximum atomic E-state index is 15.2. The van der Waals surface area contributed by atoms with Crippen LogP contribution >= 0.6 is 11.9 Å². The summed E-state index contributed by atoms with van der Waals surface area (Å²) < 4.78 is 44.1. The third-order valence-corrected chi connectivity index (χ3v) is 5.34. The third-order valence-electron chi connectivity index (χ3n) is 4.62. The highest BCUT2D eigenvalue weighted by Crippen LogP contribution is 2.30. The van der Waals surface area contributed by atoms with Gasteiger partial charge in [-0.2, -0.15) is 0 Å². The van der Waals surface area contributed by atoms with Crippen LogP contribution in [0, 0.1) is 25.5 Å². The van der Waals surface area contributed by atoms with Crippen molar-refractivity contribution >= 4 is 29.4 Å². The van der Waals surface area contributed by atoms with Crippen molar-refractivity contribution in [2.24, 2.45) is 7.05 Å². The van der Waals surface area contributed by atoms with Gasteiger partial charge in [0.05, 0.1) is 18.4 Å². The van der Waals surface area contributed by atoms with Crippen LogP contribution in [0.5, 0.6) is 0 Å². The van der Waals surface area contributed by atoms with E-state index >= 15 is 4.39 Å². The van der Waals surface area contributed by atoms with Gasteiger partial charge in [-0.3, -0.25) is 9.48 Å². The van der Waals surface area contributed by atoms with Gasteiger partial charge in [0.15, 0.2) is 10.9 Å². The average Bonchev–Trinajstić information content (AvgIpc) is 3.12. The number of halogens is 2. The molecule has 0 saturated carbocycles. The summed E-state index contributed by atoms with van der Waals surface area (Å²) >= 11 is 0.867. The van der Waals surface area contributed by atoms with Crippen molar-refractivity contribution in [1.29, 1.82) is 0 Å². The molecule has 2 aromatic heterocycles. The number of aromatic nitrogens is 2. The number of ether oxygens (including phenoxy) is 1. The Bertz CT molecular complexity index is 1230. The van der Waals surface area contributed by atoms with Gasteiger partial charge < -0.3 is 19.0 Å². The Kier molecular flexibility index (Phi) is 7.04. The molecule has 0 atom stereocenters. The molecule has 7 nitrogen and oxygen atoms in total. The van der Waals surface area contributed by atoms with E-state index in [-0.39, 0.29) is 21.9 Å². The molecule has 0 radical (unpaired) electrons. The molecule has 0 saturated heterocycles. The lowest BCUT2D eigenvalue weighted by molar-refractivity contribution is 0.0598. The number of anilines is 1. The van der Waals surface area contributed by atoms with Gasteiger partial charge in [-0.1, -0.05) is 6.07 Å². The third kappa shape index (κ3) is 4.86. The number of aromatic amines is 1. The number of ketones is 1. The monoisotopic (exact) mass is 461 g/mol. The lowest BCUT2D eigenvalue weighted by Crippen LogP contribution is -2.11. The molecular formula is C22H21F2N3O4S. The minimum absolute atomic E-state index is 0.119. The number of hydrogen-bond donors (Lipinski definition) is 2. The first-order chi connectivity index (χ1) is 15.2. The van der Waals surface area contributed by atoms with Gasteiger partial charge in [0.1, 0.15) is 17.1 Å². The molecule has 168 valence electrons. The van der Waals surface area contributed by atoms with E-state index in [1.54, 1.807) is 43.9 Å². The Balaban J connectivity index is 1.92. The summed E-state index contributed by atoms with van der Waals surface area (Å²) in [6, 6.07) is 7.00. The van der Waals surface area contributed by atoms with Crippen LogP contribution in [0.15, 0.2) is 52.2 Å². The maximum Gasteiger partial charge on any atom is 0.341 e. The first kappa shape index (κ1) is 23.1. The fraction of sp³-hybridized carbons (Fsp3) is 0.182. The van der Waals surface area contributed by atoms with Crippen LogP contribution in [-0.4, -0.2) is 28.6 Å². The van der Waals surface area contributed by atoms with Gasteiger partial charge >= 0.3 is 5.97 Å². The van der Waals surface area contributed by atoms with Gasteiger partial charge in [-0.25, -0.2) is 13.6 Å². The highest BCUT2D eigenvalue weighted by atomic mass is 32.2. The molecule has 0 fully saturated rings. The number of aryl methyl sites for hydroxylation is 3. The summed E-state index contributed by atoms with van der Waals surface area (Å²) in [5, 5.41) is 3.11. The summed E-state index contributed by atoms with van der Waals surface area (Å²) in [6.45, 7) is 3.26. The molecule has 0 unspecified atom stereocenters. The van der Waals surface area contributed by atoms with Crippen LogP contribution in [0.4, 0.5) is 14.5 Å². The first-order valence-electron chi connectivity index (χ1n) is 9.41. The summed E-state index contributed by atoms with van der Waals surface area (Å²) in [7, 11) is 2.97. The largest absolute Gasteiger partial charge is 0.465 e. The second-order valence-electron chi connectivity index (χ2n) is 6.83. The highest BCUT2D eigenvalue weighted by molar-refractivity contribution is 8.00. The van der Waals surface area contributed by atoms with Crippen LogP contribution in [0.3, 0.4) is 0 Å². The molecule has 0 amide bonds. The molecular weight excluding hydrogens is 440 g/mol. The Morgan fingerprint density at radius 3 is 2.66 bits per heavy atom. The van der Waals surface area contributed by atoms with Gasteiger partial charge in [-0.15, -0.1) is 0 Å². The average molecular weight is 461 g/mol. The van der Waals surface area contributed by atoms with E-state index in [2.05, 4.69) is 14.6 Å². The van der Waals surface area contributed by atoms with Gasteiger partial charge in [-0.05, 0) is 37.6 Å². The Hall–Kier alpha value is -3.53. The molecule has 0 aliphatic rings. The van der Waals surface area contributed by atoms with Crippen LogP contribution in [0.25, 0.3) is 0 Å². The molecule has 1 aromatic carbocycles. The molecule has 0 bridgehead atoms. The molecule has 0 spiro atoms. The SMILES string of the molecule is COC(=O)c1cc(SNc2ccc(F)c(C(=O)c3c[nH]n(C)cccc3C)c2F)oc1C. The summed E-state index contributed by atoms with van der Waals surface area (Å²) in [6.07, 6.45) is 3.12. The van der Waals surface area contributed by atoms with Gasteiger partial charge in [0.25, 0.3) is 0 Å². The second-order valence-corrected chi connectivity index (χ2v) is 7.64. The van der Waals surface area contributed by atoms with E-state index in [9.17, 15) is 14.0 Å². The Morgan fingerprint density at radius 2 is 1.94 bits per heavy atom. The number of hydrogen-bond acceptors (Lipinski definition) is 6. The van der Waals surface area contributed by atoms with Crippen molar-refractivity contribution in [3.8, 4) is 0 Å². The zero-order valence-corrected chi connectivity index (χ0v) is 18.6. The number of benzene rings is 1. The molecule has 32 heavy (non-hydrogen) atoms. The molecule has 2 N–H and O–H groups in total. The molecule has 0 aliphatic heterocycles. The van der Waals surface area contributed by atoms with E-state index in [1.807, 2.05) is 0 Å². The lowest BCUT2D eigenvalue weighted by Gasteiger charge is -2.11. The fourth-order valence-electron chi connectivity index (χ4n) is 2.87. The summed E-state index contributed by atoms with van der Waals surface area (Å²) in [5.74, 6) is -3.06. The van der Waals surface area contributed by atoms with Crippen molar-refractivity contribution in [3.63, 3.8) is 0 Å². The molecule has 2 heterocycles. The molecule has 0 aliphatic carbocycles. The van der Waals surface area contributed by atoms with E-state index in [1.165, 1.54) is 25.4 Å². The fourth-order valence-corrected chi connectivity index (χ4v) is 3.58. The number of nitrogens with one attached hydrogen (secondary N) is 2. The van der Waals surface area contributed by atoms with Crippen molar-refractivity contribution in [3.05, 3.63) is 82.4 Å². The van der Waals surface area contributed by atoms with Crippen molar-refractivity contribution < 1.29 is 27.5 Å². The first-order valence-corrected chi connectivity index (χ1v) is 10.2. The predicted octanol–water partition coefficient (Wildman–Crippen LogP) is 5.10. The quantitative estimate of drug-likeness (QED) is 0.302. The van der Waals surface area contributed by atoms with E-state index in [0.717, 1.165) is 18.0 Å². The number of nitrogens with zero attached hydrogens (tertiary/aromatic N) is 1. The topological polar surface area (TPSA) is 89.3 Å².